The highest BCUT2D eigenvalue weighted by atomic mass is 127. The minimum absolute atomic E-state index is 0. The summed E-state index contributed by atoms with van der Waals surface area (Å²) >= 11 is 0. The van der Waals surface area contributed by atoms with E-state index >= 15 is 0 Å². The molecule has 0 aromatic rings. The van der Waals surface area contributed by atoms with E-state index in [0.717, 1.165) is 30.2 Å². The van der Waals surface area contributed by atoms with Crippen LogP contribution in [-0.4, -0.2) is 62.1 Å². The van der Waals surface area contributed by atoms with Gasteiger partial charge in [-0.05, 0) is 81.7 Å². The van der Waals surface area contributed by atoms with Crippen molar-refractivity contribution >= 4 is 29.9 Å². The van der Waals surface area contributed by atoms with Crippen LogP contribution in [0.1, 0.15) is 51.4 Å². The van der Waals surface area contributed by atoms with Gasteiger partial charge in [0.15, 0.2) is 5.96 Å². The highest BCUT2D eigenvalue weighted by molar-refractivity contribution is 14.0. The Balaban J connectivity index is 0.00000182. The number of aliphatic imine (C=N–C) groups is 1. The van der Waals surface area contributed by atoms with Crippen molar-refractivity contribution in [1.29, 1.82) is 0 Å². The summed E-state index contributed by atoms with van der Waals surface area (Å²) in [7, 11) is 1.96. The lowest BCUT2D eigenvalue weighted by molar-refractivity contribution is 0.198. The minimum Gasteiger partial charge on any atom is -0.356 e. The standard InChI is InChI=1S/C20H36N4.HI/c1-21-20(22-13-19(17-5-6-17)18-7-8-18)24-12-9-16(15-24)14-23-10-3-2-4-11-23;/h16-19H,2-15H2,1H3,(H,21,22);1H. The van der Waals surface area contributed by atoms with Crippen LogP contribution in [0.15, 0.2) is 4.99 Å². The van der Waals surface area contributed by atoms with Crippen molar-refractivity contribution < 1.29 is 0 Å². The van der Waals surface area contributed by atoms with E-state index < -0.39 is 0 Å². The second kappa shape index (κ2) is 9.25. The van der Waals surface area contributed by atoms with Gasteiger partial charge < -0.3 is 15.1 Å². The maximum atomic E-state index is 4.60. The first-order valence-electron chi connectivity index (χ1n) is 10.5. The van der Waals surface area contributed by atoms with E-state index in [4.69, 9.17) is 0 Å². The van der Waals surface area contributed by atoms with Crippen molar-refractivity contribution in [3.05, 3.63) is 0 Å². The van der Waals surface area contributed by atoms with Crippen LogP contribution in [-0.2, 0) is 0 Å². The molecule has 1 atom stereocenters. The number of hydrogen-bond donors (Lipinski definition) is 1. The van der Waals surface area contributed by atoms with Gasteiger partial charge in [-0.25, -0.2) is 0 Å². The van der Waals surface area contributed by atoms with E-state index in [-0.39, 0.29) is 24.0 Å². The van der Waals surface area contributed by atoms with Crippen LogP contribution in [0.25, 0.3) is 0 Å². The fraction of sp³-hybridized carbons (Fsp3) is 0.950. The SMILES string of the molecule is CN=C(NCC(C1CC1)C1CC1)N1CCC(CN2CCCCC2)C1.I. The fourth-order valence-electron chi connectivity index (χ4n) is 4.99. The zero-order valence-electron chi connectivity index (χ0n) is 16.0. The molecule has 2 aliphatic heterocycles. The van der Waals surface area contributed by atoms with Gasteiger partial charge in [0.2, 0.25) is 0 Å². The number of nitrogens with one attached hydrogen (secondary N) is 1. The second-order valence-electron chi connectivity index (χ2n) is 8.73. The van der Waals surface area contributed by atoms with Gasteiger partial charge in [0, 0.05) is 33.2 Å². The Morgan fingerprint density at radius 3 is 2.28 bits per heavy atom. The van der Waals surface area contributed by atoms with Crippen LogP contribution >= 0.6 is 24.0 Å². The molecule has 2 saturated carbocycles. The number of nitrogens with zero attached hydrogens (tertiary/aromatic N) is 3. The molecule has 4 fully saturated rings. The summed E-state index contributed by atoms with van der Waals surface area (Å²) in [4.78, 5) is 9.82. The Morgan fingerprint density at radius 2 is 1.68 bits per heavy atom. The van der Waals surface area contributed by atoms with E-state index in [2.05, 4.69) is 20.1 Å². The molecule has 144 valence electrons. The molecular weight excluding hydrogens is 423 g/mol. The molecular formula is C20H37IN4. The van der Waals surface area contributed by atoms with E-state index in [0.29, 0.717) is 0 Å². The monoisotopic (exact) mass is 460 g/mol. The first-order chi connectivity index (χ1) is 11.8. The molecule has 1 unspecified atom stereocenters. The highest BCUT2D eigenvalue weighted by Gasteiger charge is 2.41. The molecule has 4 aliphatic rings. The smallest absolute Gasteiger partial charge is 0.193 e. The molecule has 0 aromatic carbocycles. The van der Waals surface area contributed by atoms with Crippen molar-refractivity contribution in [3.8, 4) is 0 Å². The number of hydrogen-bond acceptors (Lipinski definition) is 2. The summed E-state index contributed by atoms with van der Waals surface area (Å²) in [5.41, 5.74) is 0. The fourth-order valence-corrected chi connectivity index (χ4v) is 4.99. The van der Waals surface area contributed by atoms with Gasteiger partial charge in [0.05, 0.1) is 0 Å². The van der Waals surface area contributed by atoms with Crippen LogP contribution in [0.5, 0.6) is 0 Å². The Hall–Kier alpha value is -0.0400. The molecule has 0 radical (unpaired) electrons. The number of guanidine groups is 1. The van der Waals surface area contributed by atoms with Crippen LogP contribution < -0.4 is 5.32 Å². The molecule has 0 spiro atoms. The molecule has 1 N–H and O–H groups in total. The summed E-state index contributed by atoms with van der Waals surface area (Å²) in [5.74, 6) is 4.97. The van der Waals surface area contributed by atoms with E-state index in [1.165, 1.54) is 90.0 Å². The molecule has 0 bridgehead atoms. The van der Waals surface area contributed by atoms with Gasteiger partial charge in [-0.3, -0.25) is 4.99 Å². The third-order valence-corrected chi connectivity index (χ3v) is 6.71. The molecule has 25 heavy (non-hydrogen) atoms. The number of halogens is 1. The van der Waals surface area contributed by atoms with E-state index in [1.54, 1.807) is 0 Å². The normalized spacial score (nSPS) is 28.3. The predicted octanol–water partition coefficient (Wildman–Crippen LogP) is 3.42. The molecule has 0 amide bonds. The summed E-state index contributed by atoms with van der Waals surface area (Å²) in [6.45, 7) is 7.51. The highest BCUT2D eigenvalue weighted by Crippen LogP contribution is 2.48. The Kier molecular flexibility index (Phi) is 7.29. The molecule has 2 saturated heterocycles. The van der Waals surface area contributed by atoms with Crippen LogP contribution in [0.3, 0.4) is 0 Å². The van der Waals surface area contributed by atoms with Gasteiger partial charge in [-0.15, -0.1) is 24.0 Å². The van der Waals surface area contributed by atoms with Gasteiger partial charge in [-0.1, -0.05) is 6.42 Å². The first-order valence-corrected chi connectivity index (χ1v) is 10.5. The largest absolute Gasteiger partial charge is 0.356 e. The lowest BCUT2D eigenvalue weighted by Gasteiger charge is -2.29. The molecule has 4 rings (SSSR count). The average molecular weight is 460 g/mol. The molecule has 0 aromatic heterocycles. The summed E-state index contributed by atoms with van der Waals surface area (Å²) in [6.07, 6.45) is 11.5. The molecule has 2 aliphatic carbocycles. The average Bonchev–Trinajstić information content (AvgIpc) is 3.53. The summed E-state index contributed by atoms with van der Waals surface area (Å²) in [5, 5.41) is 3.74. The summed E-state index contributed by atoms with van der Waals surface area (Å²) < 4.78 is 0. The maximum absolute atomic E-state index is 4.60. The van der Waals surface area contributed by atoms with Crippen molar-refractivity contribution in [3.63, 3.8) is 0 Å². The molecule has 4 nitrogen and oxygen atoms in total. The predicted molar refractivity (Wildman–Crippen MR) is 116 cm³/mol. The zero-order chi connectivity index (χ0) is 16.4. The molecule has 5 heteroatoms. The topological polar surface area (TPSA) is 30.9 Å². The maximum Gasteiger partial charge on any atom is 0.193 e. The van der Waals surface area contributed by atoms with Gasteiger partial charge >= 0.3 is 0 Å². The third-order valence-electron chi connectivity index (χ3n) is 6.71. The van der Waals surface area contributed by atoms with E-state index in [1.807, 2.05) is 7.05 Å². The Morgan fingerprint density at radius 1 is 1.00 bits per heavy atom. The van der Waals surface area contributed by atoms with Crippen molar-refractivity contribution in [2.75, 3.05) is 46.3 Å². The van der Waals surface area contributed by atoms with Gasteiger partial charge in [0.1, 0.15) is 0 Å². The Labute approximate surface area is 171 Å². The van der Waals surface area contributed by atoms with E-state index in [9.17, 15) is 0 Å². The summed E-state index contributed by atoms with van der Waals surface area (Å²) in [6, 6.07) is 0. The van der Waals surface area contributed by atoms with Gasteiger partial charge in [-0.2, -0.15) is 0 Å². The van der Waals surface area contributed by atoms with Crippen molar-refractivity contribution in [2.24, 2.45) is 28.7 Å². The lowest BCUT2D eigenvalue weighted by atomic mass is 9.98. The van der Waals surface area contributed by atoms with Crippen molar-refractivity contribution in [2.45, 2.75) is 51.4 Å². The zero-order valence-corrected chi connectivity index (χ0v) is 18.3. The van der Waals surface area contributed by atoms with Crippen LogP contribution in [0.4, 0.5) is 0 Å². The number of rotatable bonds is 6. The van der Waals surface area contributed by atoms with Crippen LogP contribution in [0, 0.1) is 23.7 Å². The quantitative estimate of drug-likeness (QED) is 0.375. The van der Waals surface area contributed by atoms with Crippen LogP contribution in [0.2, 0.25) is 0 Å². The first kappa shape index (κ1) is 19.7. The Bertz CT molecular complexity index is 429. The lowest BCUT2D eigenvalue weighted by Crippen LogP contribution is -2.43. The van der Waals surface area contributed by atoms with Crippen molar-refractivity contribution in [1.82, 2.24) is 15.1 Å². The number of piperidine rings is 1. The number of likely N-dealkylation sites (tertiary alicyclic amines) is 2. The van der Waals surface area contributed by atoms with Gasteiger partial charge in [0.25, 0.3) is 0 Å². The minimum atomic E-state index is 0. The third kappa shape index (κ3) is 5.47. The molecule has 2 heterocycles. The second-order valence-corrected chi connectivity index (χ2v) is 8.73.